The first-order valence-corrected chi connectivity index (χ1v) is 4.93. The molecule has 0 aliphatic heterocycles. The second-order valence-corrected chi connectivity index (χ2v) is 3.57. The number of aliphatic hydroxyl groups excluding tert-OH is 2. The normalized spacial score (nSPS) is 13.7. The highest BCUT2D eigenvalue weighted by molar-refractivity contribution is 5.82. The van der Waals surface area contributed by atoms with Gasteiger partial charge >= 0.3 is 0 Å². The number of carbonyl (C=O) groups is 2. The monoisotopic (exact) mass is 255 g/mol. The van der Waals surface area contributed by atoms with E-state index >= 15 is 0 Å². The van der Waals surface area contributed by atoms with E-state index in [-0.39, 0.29) is 16.9 Å². The molecular formula is C11H13NO6. The summed E-state index contributed by atoms with van der Waals surface area (Å²) in [5.74, 6) is -1.57. The largest absolute Gasteiger partial charge is 0.504 e. The number of aliphatic hydroxyl groups is 2. The third-order valence-corrected chi connectivity index (χ3v) is 2.41. The number of phenols is 1. The summed E-state index contributed by atoms with van der Waals surface area (Å²) in [6.45, 7) is 0. The maximum atomic E-state index is 10.8. The Morgan fingerprint density at radius 3 is 2.50 bits per heavy atom. The highest BCUT2D eigenvalue weighted by Crippen LogP contribution is 2.33. The van der Waals surface area contributed by atoms with Gasteiger partial charge in [0.1, 0.15) is 6.10 Å². The fourth-order valence-corrected chi connectivity index (χ4v) is 1.41. The van der Waals surface area contributed by atoms with Gasteiger partial charge in [0.25, 0.3) is 0 Å². The molecule has 0 aromatic heterocycles. The molecule has 2 unspecified atom stereocenters. The lowest BCUT2D eigenvalue weighted by molar-refractivity contribution is -0.131. The number of primary amides is 1. The van der Waals surface area contributed by atoms with Crippen molar-refractivity contribution in [3.8, 4) is 11.5 Å². The van der Waals surface area contributed by atoms with E-state index < -0.39 is 23.9 Å². The molecule has 1 aromatic carbocycles. The Kier molecular flexibility index (Phi) is 4.24. The minimum Gasteiger partial charge on any atom is -0.504 e. The molecule has 0 aliphatic carbocycles. The summed E-state index contributed by atoms with van der Waals surface area (Å²) in [5, 5.41) is 28.6. The Labute approximate surface area is 102 Å². The molecule has 0 radical (unpaired) electrons. The first-order valence-electron chi connectivity index (χ1n) is 4.93. The van der Waals surface area contributed by atoms with Crippen molar-refractivity contribution in [2.45, 2.75) is 12.2 Å². The van der Waals surface area contributed by atoms with E-state index in [0.717, 1.165) is 6.07 Å². The molecular weight excluding hydrogens is 242 g/mol. The molecule has 0 aliphatic rings. The van der Waals surface area contributed by atoms with Crippen molar-refractivity contribution in [3.05, 3.63) is 23.3 Å². The van der Waals surface area contributed by atoms with Gasteiger partial charge in [-0.25, -0.2) is 0 Å². The highest BCUT2D eigenvalue weighted by atomic mass is 16.5. The van der Waals surface area contributed by atoms with E-state index in [1.54, 1.807) is 0 Å². The topological polar surface area (TPSA) is 130 Å². The average Bonchev–Trinajstić information content (AvgIpc) is 2.37. The zero-order valence-electron chi connectivity index (χ0n) is 9.53. The van der Waals surface area contributed by atoms with E-state index in [1.165, 1.54) is 13.2 Å². The van der Waals surface area contributed by atoms with Gasteiger partial charge in [-0.2, -0.15) is 0 Å². The Hall–Kier alpha value is -2.12. The fourth-order valence-electron chi connectivity index (χ4n) is 1.41. The number of ether oxygens (including phenoxy) is 1. The van der Waals surface area contributed by atoms with Crippen molar-refractivity contribution in [3.63, 3.8) is 0 Å². The van der Waals surface area contributed by atoms with Crippen LogP contribution in [0.5, 0.6) is 11.5 Å². The van der Waals surface area contributed by atoms with Gasteiger partial charge in [0, 0.05) is 0 Å². The second-order valence-electron chi connectivity index (χ2n) is 3.57. The summed E-state index contributed by atoms with van der Waals surface area (Å²) in [6, 6.07) is 2.32. The van der Waals surface area contributed by atoms with Crippen LogP contribution in [0.4, 0.5) is 0 Å². The van der Waals surface area contributed by atoms with E-state index in [9.17, 15) is 24.9 Å². The number of aldehydes is 1. The lowest BCUT2D eigenvalue weighted by atomic mass is 10.0. The molecule has 1 rings (SSSR count). The van der Waals surface area contributed by atoms with Crippen molar-refractivity contribution in [1.29, 1.82) is 0 Å². The molecule has 0 bridgehead atoms. The molecule has 5 N–H and O–H groups in total. The number of benzene rings is 1. The van der Waals surface area contributed by atoms with E-state index in [1.807, 2.05) is 0 Å². The van der Waals surface area contributed by atoms with Crippen molar-refractivity contribution >= 4 is 12.2 Å². The summed E-state index contributed by atoms with van der Waals surface area (Å²) in [7, 11) is 1.25. The number of phenolic OH excluding ortho intramolecular Hbond substituents is 1. The summed E-state index contributed by atoms with van der Waals surface area (Å²) < 4.78 is 4.80. The third-order valence-electron chi connectivity index (χ3n) is 2.41. The average molecular weight is 255 g/mol. The zero-order chi connectivity index (χ0) is 13.9. The van der Waals surface area contributed by atoms with Crippen molar-refractivity contribution in [2.75, 3.05) is 7.11 Å². The maximum Gasteiger partial charge on any atom is 0.249 e. The van der Waals surface area contributed by atoms with Crippen LogP contribution in [0.25, 0.3) is 0 Å². The summed E-state index contributed by atoms with van der Waals surface area (Å²) >= 11 is 0. The molecule has 1 amide bonds. The third kappa shape index (κ3) is 2.58. The lowest BCUT2D eigenvalue weighted by Crippen LogP contribution is -2.33. The van der Waals surface area contributed by atoms with E-state index in [2.05, 4.69) is 0 Å². The number of amides is 1. The van der Waals surface area contributed by atoms with Gasteiger partial charge in [-0.05, 0) is 17.7 Å². The minimum atomic E-state index is -1.82. The van der Waals surface area contributed by atoms with Gasteiger partial charge < -0.3 is 25.8 Å². The summed E-state index contributed by atoms with van der Waals surface area (Å²) in [6.07, 6.45) is -3.08. The van der Waals surface area contributed by atoms with Gasteiger partial charge in [-0.1, -0.05) is 0 Å². The van der Waals surface area contributed by atoms with Gasteiger partial charge in [-0.3, -0.25) is 9.59 Å². The van der Waals surface area contributed by atoms with Crippen molar-refractivity contribution < 1.29 is 29.6 Å². The number of hydrogen-bond donors (Lipinski definition) is 4. The van der Waals surface area contributed by atoms with Crippen LogP contribution in [0.15, 0.2) is 12.1 Å². The molecule has 0 saturated heterocycles. The highest BCUT2D eigenvalue weighted by Gasteiger charge is 2.25. The molecule has 1 aromatic rings. The standard InChI is InChI=1S/C11H13NO6/c1-18-7-3-5(2-6(4-13)8(7)14)9(15)10(16)11(12)17/h2-4,9-10,14-16H,1H3,(H2,12,17). The molecule has 2 atom stereocenters. The van der Waals surface area contributed by atoms with Gasteiger partial charge in [-0.15, -0.1) is 0 Å². The summed E-state index contributed by atoms with van der Waals surface area (Å²) in [5.41, 5.74) is 4.73. The molecule has 7 nitrogen and oxygen atoms in total. The number of carbonyl (C=O) groups excluding carboxylic acids is 2. The van der Waals surface area contributed by atoms with Crippen LogP contribution in [0.1, 0.15) is 22.0 Å². The van der Waals surface area contributed by atoms with Gasteiger partial charge in [0.05, 0.1) is 12.7 Å². The molecule has 0 heterocycles. The van der Waals surface area contributed by atoms with Crippen LogP contribution >= 0.6 is 0 Å². The molecule has 18 heavy (non-hydrogen) atoms. The van der Waals surface area contributed by atoms with E-state index in [4.69, 9.17) is 10.5 Å². The van der Waals surface area contributed by atoms with Crippen molar-refractivity contribution in [1.82, 2.24) is 0 Å². The zero-order valence-corrected chi connectivity index (χ0v) is 9.53. The molecule has 7 heteroatoms. The lowest BCUT2D eigenvalue weighted by Gasteiger charge is -2.17. The van der Waals surface area contributed by atoms with Crippen LogP contribution in [-0.2, 0) is 4.79 Å². The number of nitrogens with two attached hydrogens (primary N) is 1. The Morgan fingerprint density at radius 2 is 2.06 bits per heavy atom. The fraction of sp³-hybridized carbons (Fsp3) is 0.273. The maximum absolute atomic E-state index is 10.8. The Morgan fingerprint density at radius 1 is 1.44 bits per heavy atom. The molecule has 0 spiro atoms. The predicted octanol–water partition coefficient (Wildman–Crippen LogP) is -0.907. The van der Waals surface area contributed by atoms with Crippen LogP contribution in [0.3, 0.4) is 0 Å². The Bertz CT molecular complexity index is 473. The number of aromatic hydroxyl groups is 1. The smallest absolute Gasteiger partial charge is 0.249 e. The first kappa shape index (κ1) is 13.9. The molecule has 98 valence electrons. The van der Waals surface area contributed by atoms with Crippen LogP contribution in [-0.4, -0.2) is 40.7 Å². The second kappa shape index (κ2) is 5.48. The van der Waals surface area contributed by atoms with Crippen LogP contribution in [0, 0.1) is 0 Å². The van der Waals surface area contributed by atoms with Crippen LogP contribution < -0.4 is 10.5 Å². The SMILES string of the molecule is COc1cc(C(O)C(O)C(N)=O)cc(C=O)c1O. The van der Waals surface area contributed by atoms with Crippen LogP contribution in [0.2, 0.25) is 0 Å². The quantitative estimate of drug-likeness (QED) is 0.504. The molecule has 0 fully saturated rings. The van der Waals surface area contributed by atoms with E-state index in [0.29, 0.717) is 6.29 Å². The predicted molar refractivity (Wildman–Crippen MR) is 60.2 cm³/mol. The van der Waals surface area contributed by atoms with Crippen molar-refractivity contribution in [2.24, 2.45) is 5.73 Å². The minimum absolute atomic E-state index is 0.0260. The summed E-state index contributed by atoms with van der Waals surface area (Å²) in [4.78, 5) is 21.5. The number of rotatable bonds is 5. The number of methoxy groups -OCH3 is 1. The first-order chi connectivity index (χ1) is 8.42. The number of hydrogen-bond acceptors (Lipinski definition) is 6. The van der Waals surface area contributed by atoms with Gasteiger partial charge in [0.2, 0.25) is 5.91 Å². The molecule has 0 saturated carbocycles. The Balaban J connectivity index is 3.25. The van der Waals surface area contributed by atoms with Gasteiger partial charge in [0.15, 0.2) is 23.9 Å².